The summed E-state index contributed by atoms with van der Waals surface area (Å²) in [5, 5.41) is 20.4. The highest BCUT2D eigenvalue weighted by molar-refractivity contribution is 5.95. The summed E-state index contributed by atoms with van der Waals surface area (Å²) in [7, 11) is 0. The summed E-state index contributed by atoms with van der Waals surface area (Å²) in [6.07, 6.45) is 5.09. The van der Waals surface area contributed by atoms with Crippen molar-refractivity contribution in [2.45, 2.75) is 45.1 Å². The molecule has 6 heteroatoms. The molecular formula is C15H20N2O4. The summed E-state index contributed by atoms with van der Waals surface area (Å²) in [5.74, 6) is -0.623. The Morgan fingerprint density at radius 1 is 1.43 bits per heavy atom. The molecule has 21 heavy (non-hydrogen) atoms. The van der Waals surface area contributed by atoms with Crippen molar-refractivity contribution in [3.63, 3.8) is 0 Å². The van der Waals surface area contributed by atoms with Crippen LogP contribution in [0.4, 0.5) is 5.69 Å². The van der Waals surface area contributed by atoms with Gasteiger partial charge in [0.2, 0.25) is 0 Å². The van der Waals surface area contributed by atoms with Crippen LogP contribution in [-0.4, -0.2) is 33.4 Å². The first kappa shape index (κ1) is 15.3. The van der Waals surface area contributed by atoms with Gasteiger partial charge in [-0.3, -0.25) is 14.9 Å². The average molecular weight is 292 g/mol. The number of amides is 1. The highest BCUT2D eigenvalue weighted by atomic mass is 16.6. The van der Waals surface area contributed by atoms with Crippen molar-refractivity contribution >= 4 is 11.6 Å². The Balaban J connectivity index is 2.25. The summed E-state index contributed by atoms with van der Waals surface area (Å²) >= 11 is 0. The summed E-state index contributed by atoms with van der Waals surface area (Å²) < 4.78 is 0. The number of benzene rings is 1. The van der Waals surface area contributed by atoms with Crippen molar-refractivity contribution in [1.82, 2.24) is 4.90 Å². The van der Waals surface area contributed by atoms with Crippen molar-refractivity contribution in [3.05, 3.63) is 33.9 Å². The number of likely N-dealkylation sites (tertiary alicyclic amines) is 1. The standard InChI is InChI=1S/C15H20N2O4/c1-2-12-6-4-3-5-9-16(12)15(19)11-7-8-13(17(20)21)14(18)10-11/h7-8,10,12,18H,2-6,9H2,1H3. The van der Waals surface area contributed by atoms with Crippen LogP contribution < -0.4 is 0 Å². The second-order valence-electron chi connectivity index (χ2n) is 5.37. The zero-order chi connectivity index (χ0) is 15.4. The molecule has 1 amide bonds. The molecule has 0 saturated carbocycles. The van der Waals surface area contributed by atoms with Gasteiger partial charge in [0.15, 0.2) is 5.75 Å². The van der Waals surface area contributed by atoms with Gasteiger partial charge in [0, 0.05) is 24.2 Å². The highest BCUT2D eigenvalue weighted by Crippen LogP contribution is 2.28. The molecule has 1 heterocycles. The summed E-state index contributed by atoms with van der Waals surface area (Å²) in [5.41, 5.74) is -0.0760. The third-order valence-corrected chi connectivity index (χ3v) is 4.03. The van der Waals surface area contributed by atoms with Crippen LogP contribution in [0.15, 0.2) is 18.2 Å². The molecule has 1 N–H and O–H groups in total. The molecule has 6 nitrogen and oxygen atoms in total. The lowest BCUT2D eigenvalue weighted by Gasteiger charge is -2.29. The van der Waals surface area contributed by atoms with Crippen molar-refractivity contribution in [1.29, 1.82) is 0 Å². The van der Waals surface area contributed by atoms with E-state index in [1.807, 2.05) is 4.90 Å². The van der Waals surface area contributed by atoms with Crippen LogP contribution in [0.2, 0.25) is 0 Å². The fourth-order valence-corrected chi connectivity index (χ4v) is 2.85. The summed E-state index contributed by atoms with van der Waals surface area (Å²) in [6, 6.07) is 3.99. The van der Waals surface area contributed by atoms with Crippen molar-refractivity contribution in [2.75, 3.05) is 6.54 Å². The molecule has 1 unspecified atom stereocenters. The predicted molar refractivity (Wildman–Crippen MR) is 78.3 cm³/mol. The Labute approximate surface area is 123 Å². The van der Waals surface area contributed by atoms with E-state index < -0.39 is 10.7 Å². The third kappa shape index (κ3) is 3.32. The monoisotopic (exact) mass is 292 g/mol. The van der Waals surface area contributed by atoms with Gasteiger partial charge in [-0.25, -0.2) is 0 Å². The fourth-order valence-electron chi connectivity index (χ4n) is 2.85. The lowest BCUT2D eigenvalue weighted by atomic mass is 10.1. The number of aromatic hydroxyl groups is 1. The number of rotatable bonds is 3. The van der Waals surface area contributed by atoms with Gasteiger partial charge in [-0.05, 0) is 31.4 Å². The molecule has 1 atom stereocenters. The molecule has 2 rings (SSSR count). The fraction of sp³-hybridized carbons (Fsp3) is 0.533. The van der Waals surface area contributed by atoms with E-state index in [-0.39, 0.29) is 17.6 Å². The molecule has 1 aromatic rings. The smallest absolute Gasteiger partial charge is 0.310 e. The van der Waals surface area contributed by atoms with Gasteiger partial charge in [-0.2, -0.15) is 0 Å². The summed E-state index contributed by atoms with van der Waals surface area (Å²) in [6.45, 7) is 2.76. The molecule has 1 aliphatic rings. The van der Waals surface area contributed by atoms with E-state index in [9.17, 15) is 20.0 Å². The molecular weight excluding hydrogens is 272 g/mol. The minimum atomic E-state index is -0.662. The van der Waals surface area contributed by atoms with E-state index in [1.165, 1.54) is 18.2 Å². The van der Waals surface area contributed by atoms with Crippen LogP contribution in [0.5, 0.6) is 5.75 Å². The van der Waals surface area contributed by atoms with E-state index in [1.54, 1.807) is 0 Å². The quantitative estimate of drug-likeness (QED) is 0.685. The molecule has 1 aromatic carbocycles. The second kappa shape index (κ2) is 6.56. The zero-order valence-corrected chi connectivity index (χ0v) is 12.1. The van der Waals surface area contributed by atoms with E-state index in [0.29, 0.717) is 12.1 Å². The Hall–Kier alpha value is -2.11. The second-order valence-corrected chi connectivity index (χ2v) is 5.37. The van der Waals surface area contributed by atoms with Gasteiger partial charge in [-0.1, -0.05) is 19.8 Å². The molecule has 1 saturated heterocycles. The third-order valence-electron chi connectivity index (χ3n) is 4.03. The lowest BCUT2D eigenvalue weighted by Crippen LogP contribution is -2.39. The van der Waals surface area contributed by atoms with Gasteiger partial charge >= 0.3 is 5.69 Å². The Bertz CT molecular complexity index is 544. The minimum Gasteiger partial charge on any atom is -0.502 e. The van der Waals surface area contributed by atoms with Crippen LogP contribution in [0.3, 0.4) is 0 Å². The van der Waals surface area contributed by atoms with Crippen molar-refractivity contribution in [2.24, 2.45) is 0 Å². The molecule has 0 radical (unpaired) electrons. The molecule has 0 aromatic heterocycles. The summed E-state index contributed by atoms with van der Waals surface area (Å²) in [4.78, 5) is 24.5. The van der Waals surface area contributed by atoms with Crippen LogP contribution in [-0.2, 0) is 0 Å². The predicted octanol–water partition coefficient (Wildman–Crippen LogP) is 3.10. The molecule has 1 fully saturated rings. The topological polar surface area (TPSA) is 83.7 Å². The van der Waals surface area contributed by atoms with E-state index in [4.69, 9.17) is 0 Å². The Kier molecular flexibility index (Phi) is 4.77. The molecule has 0 spiro atoms. The number of nitro benzene ring substituents is 1. The molecule has 0 bridgehead atoms. The van der Waals surface area contributed by atoms with Gasteiger partial charge < -0.3 is 10.0 Å². The van der Waals surface area contributed by atoms with E-state index in [2.05, 4.69) is 6.92 Å². The maximum absolute atomic E-state index is 12.6. The highest BCUT2D eigenvalue weighted by Gasteiger charge is 2.26. The lowest BCUT2D eigenvalue weighted by molar-refractivity contribution is -0.385. The number of phenolic OH excluding ortho intramolecular Hbond substituents is 1. The van der Waals surface area contributed by atoms with Crippen molar-refractivity contribution in [3.8, 4) is 5.75 Å². The first-order valence-corrected chi connectivity index (χ1v) is 7.33. The molecule has 1 aliphatic heterocycles. The first-order chi connectivity index (χ1) is 10.0. The Morgan fingerprint density at radius 2 is 2.19 bits per heavy atom. The number of phenols is 1. The Morgan fingerprint density at radius 3 is 2.81 bits per heavy atom. The maximum atomic E-state index is 12.6. The van der Waals surface area contributed by atoms with Gasteiger partial charge in [0.05, 0.1) is 4.92 Å². The van der Waals surface area contributed by atoms with Crippen LogP contribution >= 0.6 is 0 Å². The van der Waals surface area contributed by atoms with Gasteiger partial charge in [0.25, 0.3) is 5.91 Å². The van der Waals surface area contributed by atoms with Crippen LogP contribution in [0.1, 0.15) is 49.4 Å². The van der Waals surface area contributed by atoms with Gasteiger partial charge in [0.1, 0.15) is 0 Å². The number of hydrogen-bond donors (Lipinski definition) is 1. The largest absolute Gasteiger partial charge is 0.502 e. The van der Waals surface area contributed by atoms with Gasteiger partial charge in [-0.15, -0.1) is 0 Å². The normalized spacial score (nSPS) is 19.1. The molecule has 114 valence electrons. The average Bonchev–Trinajstić information content (AvgIpc) is 2.71. The van der Waals surface area contributed by atoms with Crippen LogP contribution in [0, 0.1) is 10.1 Å². The van der Waals surface area contributed by atoms with E-state index >= 15 is 0 Å². The van der Waals surface area contributed by atoms with Crippen molar-refractivity contribution < 1.29 is 14.8 Å². The zero-order valence-electron chi connectivity index (χ0n) is 12.1. The number of carbonyl (C=O) groups is 1. The molecule has 0 aliphatic carbocycles. The number of hydrogen-bond acceptors (Lipinski definition) is 4. The maximum Gasteiger partial charge on any atom is 0.310 e. The van der Waals surface area contributed by atoms with Crippen LogP contribution in [0.25, 0.3) is 0 Å². The minimum absolute atomic E-state index is 0.158. The first-order valence-electron chi connectivity index (χ1n) is 7.33. The SMILES string of the molecule is CCC1CCCCCN1C(=O)c1ccc([N+](=O)[O-])c(O)c1. The van der Waals surface area contributed by atoms with E-state index in [0.717, 1.165) is 32.1 Å². The number of carbonyl (C=O) groups excluding carboxylic acids is 1. The number of nitro groups is 1. The number of nitrogens with zero attached hydrogens (tertiary/aromatic N) is 2.